The number of hydrogen-bond donors (Lipinski definition) is 2. The lowest BCUT2D eigenvalue weighted by atomic mass is 10.2. The van der Waals surface area contributed by atoms with Crippen LogP contribution in [0.2, 0.25) is 0 Å². The first-order chi connectivity index (χ1) is 9.79. The number of aryl methyl sites for hydroxylation is 1. The Kier molecular flexibility index (Phi) is 3.39. The topological polar surface area (TPSA) is 58.3 Å². The van der Waals surface area contributed by atoms with Gasteiger partial charge in [0.2, 0.25) is 0 Å². The molecule has 0 radical (unpaired) electrons. The van der Waals surface area contributed by atoms with Crippen LogP contribution < -0.4 is 0 Å². The van der Waals surface area contributed by atoms with Crippen molar-refractivity contribution in [2.75, 3.05) is 6.61 Å². The molecule has 0 spiro atoms. The maximum Gasteiger partial charge on any atom is 0.141 e. The molecule has 4 heteroatoms. The van der Waals surface area contributed by atoms with Crippen molar-refractivity contribution < 1.29 is 10.2 Å². The summed E-state index contributed by atoms with van der Waals surface area (Å²) in [6.45, 7) is 0.870. The van der Waals surface area contributed by atoms with E-state index in [1.165, 1.54) is 0 Å². The minimum Gasteiger partial charge on any atom is -0.508 e. The Labute approximate surface area is 116 Å². The van der Waals surface area contributed by atoms with Crippen LogP contribution in [0, 0.1) is 0 Å². The van der Waals surface area contributed by atoms with E-state index in [1.807, 2.05) is 36.4 Å². The molecule has 0 bridgehead atoms. The highest BCUT2D eigenvalue weighted by Crippen LogP contribution is 2.26. The van der Waals surface area contributed by atoms with Crippen molar-refractivity contribution in [2.24, 2.45) is 0 Å². The van der Waals surface area contributed by atoms with Crippen LogP contribution in [0.15, 0.2) is 48.5 Å². The Bertz CT molecular complexity index is 717. The molecule has 102 valence electrons. The largest absolute Gasteiger partial charge is 0.508 e. The molecular formula is C16H16N2O2. The number of nitrogens with zero attached hydrogens (tertiary/aromatic N) is 2. The van der Waals surface area contributed by atoms with Crippen molar-refractivity contribution in [1.82, 2.24) is 9.55 Å². The Morgan fingerprint density at radius 2 is 1.75 bits per heavy atom. The van der Waals surface area contributed by atoms with Gasteiger partial charge in [0.1, 0.15) is 11.6 Å². The predicted molar refractivity (Wildman–Crippen MR) is 78.5 cm³/mol. The van der Waals surface area contributed by atoms with Gasteiger partial charge in [-0.25, -0.2) is 4.98 Å². The van der Waals surface area contributed by atoms with Crippen LogP contribution in [-0.4, -0.2) is 26.4 Å². The number of phenols is 1. The number of aromatic nitrogens is 2. The highest BCUT2D eigenvalue weighted by atomic mass is 16.3. The maximum atomic E-state index is 9.39. The molecule has 1 heterocycles. The quantitative estimate of drug-likeness (QED) is 0.765. The number of fused-ring (bicyclic) bond motifs is 1. The van der Waals surface area contributed by atoms with E-state index in [0.717, 1.165) is 22.4 Å². The van der Waals surface area contributed by atoms with Crippen LogP contribution in [0.25, 0.3) is 22.4 Å². The molecule has 4 nitrogen and oxygen atoms in total. The normalized spacial score (nSPS) is 11.1. The molecule has 0 aliphatic heterocycles. The lowest BCUT2D eigenvalue weighted by Gasteiger charge is -2.08. The van der Waals surface area contributed by atoms with Crippen LogP contribution >= 0.6 is 0 Å². The zero-order valence-electron chi connectivity index (χ0n) is 11.0. The number of aliphatic hydroxyl groups is 1. The number of benzene rings is 2. The smallest absolute Gasteiger partial charge is 0.141 e. The molecule has 0 aliphatic carbocycles. The summed E-state index contributed by atoms with van der Waals surface area (Å²) in [7, 11) is 0. The monoisotopic (exact) mass is 268 g/mol. The number of para-hydroxylation sites is 2. The molecule has 0 atom stereocenters. The Balaban J connectivity index is 2.15. The molecule has 2 aromatic carbocycles. The van der Waals surface area contributed by atoms with E-state index in [4.69, 9.17) is 5.11 Å². The average Bonchev–Trinajstić information content (AvgIpc) is 2.84. The molecule has 0 aliphatic rings. The zero-order valence-corrected chi connectivity index (χ0v) is 11.0. The third-order valence-corrected chi connectivity index (χ3v) is 3.32. The minimum atomic E-state index is 0.154. The molecule has 20 heavy (non-hydrogen) atoms. The summed E-state index contributed by atoms with van der Waals surface area (Å²) in [6.07, 6.45) is 0.686. The third-order valence-electron chi connectivity index (χ3n) is 3.32. The van der Waals surface area contributed by atoms with E-state index in [2.05, 4.69) is 9.55 Å². The van der Waals surface area contributed by atoms with Crippen molar-refractivity contribution in [2.45, 2.75) is 13.0 Å². The average molecular weight is 268 g/mol. The molecule has 0 unspecified atom stereocenters. The van der Waals surface area contributed by atoms with Crippen LogP contribution in [0.3, 0.4) is 0 Å². The number of aromatic hydroxyl groups is 1. The fourth-order valence-electron chi connectivity index (χ4n) is 2.36. The number of rotatable bonds is 4. The van der Waals surface area contributed by atoms with Crippen molar-refractivity contribution in [3.05, 3.63) is 48.5 Å². The van der Waals surface area contributed by atoms with Crippen molar-refractivity contribution in [3.63, 3.8) is 0 Å². The van der Waals surface area contributed by atoms with Crippen LogP contribution in [0.4, 0.5) is 0 Å². The van der Waals surface area contributed by atoms with Gasteiger partial charge in [0.15, 0.2) is 0 Å². The van der Waals surface area contributed by atoms with Gasteiger partial charge in [-0.1, -0.05) is 12.1 Å². The number of hydrogen-bond acceptors (Lipinski definition) is 3. The van der Waals surface area contributed by atoms with Crippen LogP contribution in [-0.2, 0) is 6.54 Å². The minimum absolute atomic E-state index is 0.154. The van der Waals surface area contributed by atoms with E-state index < -0.39 is 0 Å². The highest BCUT2D eigenvalue weighted by Gasteiger charge is 2.11. The first kappa shape index (κ1) is 12.7. The first-order valence-corrected chi connectivity index (χ1v) is 6.65. The molecule has 0 fully saturated rings. The zero-order chi connectivity index (χ0) is 13.9. The SMILES string of the molecule is OCCCn1c(-c2ccc(O)cc2)nc2ccccc21. The molecule has 3 aromatic rings. The highest BCUT2D eigenvalue weighted by molar-refractivity contribution is 5.80. The summed E-state index contributed by atoms with van der Waals surface area (Å²) in [6, 6.07) is 15.0. The number of aliphatic hydroxyl groups excluding tert-OH is 1. The van der Waals surface area contributed by atoms with Crippen LogP contribution in [0.1, 0.15) is 6.42 Å². The van der Waals surface area contributed by atoms with Gasteiger partial charge in [-0.15, -0.1) is 0 Å². The van der Waals surface area contributed by atoms with Gasteiger partial charge >= 0.3 is 0 Å². The van der Waals surface area contributed by atoms with Gasteiger partial charge < -0.3 is 14.8 Å². The maximum absolute atomic E-state index is 9.39. The standard InChI is InChI=1S/C16H16N2O2/c19-11-3-10-18-15-5-2-1-4-14(15)17-16(18)12-6-8-13(20)9-7-12/h1-2,4-9,19-20H,3,10-11H2. The lowest BCUT2D eigenvalue weighted by molar-refractivity contribution is 0.281. The van der Waals surface area contributed by atoms with Crippen molar-refractivity contribution in [1.29, 1.82) is 0 Å². The summed E-state index contributed by atoms with van der Waals surface area (Å²) >= 11 is 0. The Morgan fingerprint density at radius 1 is 1.00 bits per heavy atom. The molecule has 0 saturated carbocycles. The Hall–Kier alpha value is -2.33. The second-order valence-corrected chi connectivity index (χ2v) is 4.70. The molecular weight excluding hydrogens is 252 g/mol. The van der Waals surface area contributed by atoms with E-state index in [9.17, 15) is 5.11 Å². The summed E-state index contributed by atoms with van der Waals surface area (Å²) in [5, 5.41) is 18.5. The van der Waals surface area contributed by atoms with Crippen LogP contribution in [0.5, 0.6) is 5.75 Å². The van der Waals surface area contributed by atoms with Gasteiger partial charge in [-0.2, -0.15) is 0 Å². The van der Waals surface area contributed by atoms with Gasteiger partial charge in [0.05, 0.1) is 11.0 Å². The summed E-state index contributed by atoms with van der Waals surface area (Å²) < 4.78 is 2.11. The van der Waals surface area contributed by atoms with Gasteiger partial charge in [0.25, 0.3) is 0 Å². The summed E-state index contributed by atoms with van der Waals surface area (Å²) in [4.78, 5) is 4.67. The molecule has 3 rings (SSSR count). The summed E-state index contributed by atoms with van der Waals surface area (Å²) in [5.74, 6) is 1.10. The fraction of sp³-hybridized carbons (Fsp3) is 0.188. The fourth-order valence-corrected chi connectivity index (χ4v) is 2.36. The van der Waals surface area contributed by atoms with Gasteiger partial charge in [-0.3, -0.25) is 0 Å². The van der Waals surface area contributed by atoms with Gasteiger partial charge in [-0.05, 0) is 42.8 Å². The van der Waals surface area contributed by atoms with E-state index >= 15 is 0 Å². The number of phenolic OH excluding ortho intramolecular Hbond substituents is 1. The van der Waals surface area contributed by atoms with E-state index in [-0.39, 0.29) is 12.4 Å². The Morgan fingerprint density at radius 3 is 2.50 bits per heavy atom. The molecule has 1 aromatic heterocycles. The number of imidazole rings is 1. The lowest BCUT2D eigenvalue weighted by Crippen LogP contribution is -2.02. The van der Waals surface area contributed by atoms with Crippen molar-refractivity contribution in [3.8, 4) is 17.1 Å². The summed E-state index contributed by atoms with van der Waals surface area (Å²) in [5.41, 5.74) is 2.95. The third kappa shape index (κ3) is 2.26. The second kappa shape index (κ2) is 5.35. The van der Waals surface area contributed by atoms with E-state index in [0.29, 0.717) is 13.0 Å². The molecule has 0 saturated heterocycles. The molecule has 0 amide bonds. The van der Waals surface area contributed by atoms with Gasteiger partial charge in [0, 0.05) is 18.7 Å². The second-order valence-electron chi connectivity index (χ2n) is 4.70. The van der Waals surface area contributed by atoms with E-state index in [1.54, 1.807) is 12.1 Å². The first-order valence-electron chi connectivity index (χ1n) is 6.65. The molecule has 2 N–H and O–H groups in total. The van der Waals surface area contributed by atoms with Crippen molar-refractivity contribution >= 4 is 11.0 Å². The predicted octanol–water partition coefficient (Wildman–Crippen LogP) is 2.79.